The lowest BCUT2D eigenvalue weighted by Crippen LogP contribution is -2.60. The molecule has 23 nitrogen and oxygen atoms in total. The minimum absolute atomic E-state index is 0.0667. The molecule has 23 heteroatoms. The van der Waals surface area contributed by atoms with E-state index in [0.29, 0.717) is 22.9 Å². The van der Waals surface area contributed by atoms with Gasteiger partial charge in [-0.1, -0.05) is 32.0 Å². The number of nitrogens with two attached hydrogens (primary N) is 3. The molecule has 1 saturated heterocycles. The third kappa shape index (κ3) is 15.0. The van der Waals surface area contributed by atoms with Crippen molar-refractivity contribution in [2.24, 2.45) is 28.1 Å². The Balaban J connectivity index is 1.90. The van der Waals surface area contributed by atoms with Crippen LogP contribution in [0.2, 0.25) is 0 Å². The summed E-state index contributed by atoms with van der Waals surface area (Å²) < 4.78 is 0. The van der Waals surface area contributed by atoms with Crippen LogP contribution in [0.4, 0.5) is 0 Å². The summed E-state index contributed by atoms with van der Waals surface area (Å²) in [4.78, 5) is 113. The number of aromatic nitrogens is 1. The molecule has 0 saturated carbocycles. The molecule has 6 amide bonds. The van der Waals surface area contributed by atoms with Crippen molar-refractivity contribution in [1.82, 2.24) is 36.5 Å². The average molecular weight is 874 g/mol. The SMILES string of the molecule is CC(C)C[C@H](NC(=O)[C@@H]1CCCN1C(=O)[C@H](CO)NC(=O)[C@@H](N)CO)C(=O)N[C@@H](Cc1c[nH]c2ccccc12)C(=O)N[C@@H](CCC(=O)O)C(=O)N[C@@H](CCCN=C(N)N)C(=O)O. The largest absolute Gasteiger partial charge is 0.481 e. The number of nitrogens with zero attached hydrogens (tertiary/aromatic N) is 2. The molecular weight excluding hydrogens is 814 g/mol. The first-order valence-corrected chi connectivity index (χ1v) is 20.2. The Labute approximate surface area is 357 Å². The molecule has 62 heavy (non-hydrogen) atoms. The molecule has 16 N–H and O–H groups in total. The molecule has 2 heterocycles. The number of hydrogen-bond acceptors (Lipinski definition) is 12. The highest BCUT2D eigenvalue weighted by molar-refractivity contribution is 5.98. The van der Waals surface area contributed by atoms with Gasteiger partial charge in [-0.15, -0.1) is 0 Å². The van der Waals surface area contributed by atoms with Gasteiger partial charge in [-0.3, -0.25) is 38.6 Å². The first kappa shape index (κ1) is 50.0. The molecule has 1 aliphatic rings. The maximum absolute atomic E-state index is 14.2. The van der Waals surface area contributed by atoms with Gasteiger partial charge in [-0.05, 0) is 56.1 Å². The van der Waals surface area contributed by atoms with Crippen molar-refractivity contribution in [1.29, 1.82) is 0 Å². The molecule has 1 aromatic heterocycles. The molecule has 0 bridgehead atoms. The number of carbonyl (C=O) groups excluding carboxylic acids is 6. The van der Waals surface area contributed by atoms with Gasteiger partial charge in [0.15, 0.2) is 5.96 Å². The molecule has 0 radical (unpaired) electrons. The summed E-state index contributed by atoms with van der Waals surface area (Å²) in [5.74, 6) is -8.23. The number of para-hydroxylation sites is 1. The molecule has 0 spiro atoms. The highest BCUT2D eigenvalue weighted by atomic mass is 16.4. The predicted molar refractivity (Wildman–Crippen MR) is 222 cm³/mol. The number of fused-ring (bicyclic) bond motifs is 1. The Kier molecular flexibility index (Phi) is 19.5. The van der Waals surface area contributed by atoms with Gasteiger partial charge >= 0.3 is 11.9 Å². The van der Waals surface area contributed by atoms with E-state index in [1.807, 2.05) is 0 Å². The minimum atomic E-state index is -1.57. The summed E-state index contributed by atoms with van der Waals surface area (Å²) in [7, 11) is 0. The van der Waals surface area contributed by atoms with Crippen LogP contribution in [0.3, 0.4) is 0 Å². The van der Waals surface area contributed by atoms with Crippen LogP contribution >= 0.6 is 0 Å². The van der Waals surface area contributed by atoms with E-state index in [4.69, 9.17) is 17.2 Å². The van der Waals surface area contributed by atoms with Crippen LogP contribution in [0.25, 0.3) is 10.9 Å². The monoisotopic (exact) mass is 873 g/mol. The number of aliphatic hydroxyl groups is 2. The molecule has 1 fully saturated rings. The molecule has 3 rings (SSSR count). The molecule has 1 aliphatic heterocycles. The summed E-state index contributed by atoms with van der Waals surface area (Å²) in [6.07, 6.45) is 1.11. The number of benzene rings is 1. The second-order valence-corrected chi connectivity index (χ2v) is 15.4. The van der Waals surface area contributed by atoms with E-state index in [0.717, 1.165) is 0 Å². The van der Waals surface area contributed by atoms with E-state index in [9.17, 15) is 58.8 Å². The number of aliphatic carboxylic acids is 2. The zero-order valence-electron chi connectivity index (χ0n) is 34.7. The van der Waals surface area contributed by atoms with E-state index < -0.39 is 116 Å². The highest BCUT2D eigenvalue weighted by Crippen LogP contribution is 2.21. The van der Waals surface area contributed by atoms with Crippen molar-refractivity contribution in [3.05, 3.63) is 36.0 Å². The Morgan fingerprint density at radius 1 is 0.823 bits per heavy atom. The number of H-pyrrole nitrogens is 1. The molecule has 7 atom stereocenters. The molecule has 1 aromatic carbocycles. The van der Waals surface area contributed by atoms with Crippen LogP contribution < -0.4 is 43.8 Å². The van der Waals surface area contributed by atoms with E-state index in [1.165, 1.54) is 4.90 Å². The zero-order chi connectivity index (χ0) is 46.1. The number of nitrogens with one attached hydrogen (secondary N) is 6. The Bertz CT molecular complexity index is 1940. The molecule has 0 aliphatic carbocycles. The topological polar surface area (TPSA) is 387 Å². The lowest BCUT2D eigenvalue weighted by Gasteiger charge is -2.30. The number of aliphatic hydroxyl groups excluding tert-OH is 2. The third-order valence-electron chi connectivity index (χ3n) is 10.1. The number of amides is 6. The van der Waals surface area contributed by atoms with E-state index in [1.54, 1.807) is 44.3 Å². The molecule has 2 aromatic rings. The van der Waals surface area contributed by atoms with Crippen molar-refractivity contribution >= 4 is 64.2 Å². The first-order chi connectivity index (χ1) is 29.4. The summed E-state index contributed by atoms with van der Waals surface area (Å²) in [6.45, 7) is 2.19. The average Bonchev–Trinajstić information content (AvgIpc) is 3.88. The van der Waals surface area contributed by atoms with Gasteiger partial charge in [0.1, 0.15) is 42.3 Å². The van der Waals surface area contributed by atoms with Crippen molar-refractivity contribution in [2.75, 3.05) is 26.3 Å². The normalized spacial score (nSPS) is 16.5. The standard InChI is InChI=1S/C39H59N11O12/c1-20(2)15-27(48-36(59)30-10-6-14-50(30)37(60)29(19-52)49-32(55)23(40)18-51)34(57)47-28(16-21-17-44-24-8-4-3-7-22(21)24)35(58)45-25(11-12-31(53)54)33(56)46-26(38(61)62)9-5-13-43-39(41)42/h3-4,7-8,17,20,23,25-30,44,51-52H,5-6,9-16,18-19,40H2,1-2H3,(H,45,58)(H,46,56)(H,47,57)(H,48,59)(H,49,55)(H,53,54)(H,61,62)(H4,41,42,43)/t23-,25-,26-,27-,28-,29-,30-/m0/s1. The zero-order valence-corrected chi connectivity index (χ0v) is 34.7. The van der Waals surface area contributed by atoms with Gasteiger partial charge in [0.25, 0.3) is 0 Å². The van der Waals surface area contributed by atoms with Crippen molar-refractivity contribution in [3.63, 3.8) is 0 Å². The number of hydrogen-bond donors (Lipinski definition) is 13. The fourth-order valence-corrected chi connectivity index (χ4v) is 6.87. The first-order valence-electron chi connectivity index (χ1n) is 20.2. The van der Waals surface area contributed by atoms with Gasteiger partial charge in [0.2, 0.25) is 35.4 Å². The van der Waals surface area contributed by atoms with Crippen molar-refractivity contribution < 1.29 is 58.8 Å². The van der Waals surface area contributed by atoms with E-state index >= 15 is 0 Å². The van der Waals surface area contributed by atoms with E-state index in [2.05, 4.69) is 36.6 Å². The second kappa shape index (κ2) is 24.2. The Morgan fingerprint density at radius 3 is 2.08 bits per heavy atom. The lowest BCUT2D eigenvalue weighted by molar-refractivity contribution is -0.143. The highest BCUT2D eigenvalue weighted by Gasteiger charge is 2.40. The maximum Gasteiger partial charge on any atom is 0.326 e. The molecule has 0 unspecified atom stereocenters. The fraction of sp³-hybridized carbons (Fsp3) is 0.564. The van der Waals surface area contributed by atoms with Crippen LogP contribution in [-0.2, 0) is 44.8 Å². The van der Waals surface area contributed by atoms with Gasteiger partial charge in [-0.25, -0.2) is 4.79 Å². The van der Waals surface area contributed by atoms with Crippen LogP contribution in [0.1, 0.15) is 64.4 Å². The fourth-order valence-electron chi connectivity index (χ4n) is 6.87. The quantitative estimate of drug-likeness (QED) is 0.0261. The lowest BCUT2D eigenvalue weighted by atomic mass is 10.00. The molecular formula is C39H59N11O12. The van der Waals surface area contributed by atoms with E-state index in [-0.39, 0.29) is 57.1 Å². The summed E-state index contributed by atoms with van der Waals surface area (Å²) >= 11 is 0. The predicted octanol–water partition coefficient (Wildman–Crippen LogP) is -3.51. The smallest absolute Gasteiger partial charge is 0.326 e. The number of carboxylic acid groups (broad SMARTS) is 2. The van der Waals surface area contributed by atoms with Crippen LogP contribution in [0.5, 0.6) is 0 Å². The molecule has 342 valence electrons. The van der Waals surface area contributed by atoms with Crippen LogP contribution in [0, 0.1) is 5.92 Å². The Hall–Kier alpha value is -6.33. The number of carbonyl (C=O) groups is 8. The van der Waals surface area contributed by atoms with Crippen LogP contribution in [-0.4, -0.2) is 152 Å². The number of guanidine groups is 1. The number of aliphatic imine (C=N–C) groups is 1. The van der Waals surface area contributed by atoms with Crippen molar-refractivity contribution in [3.8, 4) is 0 Å². The van der Waals surface area contributed by atoms with Gasteiger partial charge < -0.3 is 74.1 Å². The van der Waals surface area contributed by atoms with Gasteiger partial charge in [-0.2, -0.15) is 0 Å². The summed E-state index contributed by atoms with van der Waals surface area (Å²) in [5.41, 5.74) is 17.5. The third-order valence-corrected chi connectivity index (χ3v) is 10.1. The minimum Gasteiger partial charge on any atom is -0.481 e. The second-order valence-electron chi connectivity index (χ2n) is 15.4. The Morgan fingerprint density at radius 2 is 1.45 bits per heavy atom. The maximum atomic E-state index is 14.2. The number of rotatable bonds is 25. The number of likely N-dealkylation sites (tertiary alicyclic amines) is 1. The summed E-state index contributed by atoms with van der Waals surface area (Å²) in [5, 5.41) is 51.5. The van der Waals surface area contributed by atoms with Gasteiger partial charge in [0, 0.05) is 43.0 Å². The van der Waals surface area contributed by atoms with Crippen LogP contribution in [0.15, 0.2) is 35.5 Å². The van der Waals surface area contributed by atoms with Gasteiger partial charge in [0.05, 0.1) is 13.2 Å². The number of aromatic amines is 1. The van der Waals surface area contributed by atoms with Crippen molar-refractivity contribution in [2.45, 2.75) is 108 Å². The number of carboxylic acids is 2. The summed E-state index contributed by atoms with van der Waals surface area (Å²) in [6, 6.07) is -2.53.